The molecule has 1 N–H and O–H groups in total. The van der Waals surface area contributed by atoms with Gasteiger partial charge in [0.1, 0.15) is 5.82 Å². The second kappa shape index (κ2) is 8.72. The Morgan fingerprint density at radius 2 is 1.78 bits per heavy atom. The monoisotopic (exact) mass is 396 g/mol. The number of hydrogen-bond donors (Lipinski definition) is 1. The number of carbonyl (C=O) groups is 1. The zero-order chi connectivity index (χ0) is 20.0. The molecule has 0 bridgehead atoms. The number of methoxy groups -OCH3 is 2. The number of nitrogens with zero attached hydrogens (tertiary/aromatic N) is 1. The summed E-state index contributed by atoms with van der Waals surface area (Å²) in [5.41, 5.74) is 0.254. The minimum absolute atomic E-state index is 0.00537. The van der Waals surface area contributed by atoms with Gasteiger partial charge in [-0.3, -0.25) is 9.10 Å². The van der Waals surface area contributed by atoms with E-state index < -0.39 is 21.7 Å². The number of carbonyl (C=O) groups excluding carboxylic acids is 1. The maximum Gasteiger partial charge on any atom is 0.254 e. The molecule has 0 radical (unpaired) electrons. The molecular formula is C18H21FN2O5S. The molecule has 1 amide bonds. The zero-order valence-corrected chi connectivity index (χ0v) is 16.0. The summed E-state index contributed by atoms with van der Waals surface area (Å²) in [6.45, 7) is -0.0386. The molecule has 2 aromatic rings. The molecule has 27 heavy (non-hydrogen) atoms. The van der Waals surface area contributed by atoms with Crippen LogP contribution < -0.4 is 19.1 Å². The lowest BCUT2D eigenvalue weighted by atomic mass is 10.2. The normalized spacial score (nSPS) is 11.0. The molecule has 7 nitrogen and oxygen atoms in total. The Morgan fingerprint density at radius 3 is 2.37 bits per heavy atom. The molecule has 0 aliphatic heterocycles. The van der Waals surface area contributed by atoms with Gasteiger partial charge in [-0.1, -0.05) is 12.1 Å². The minimum atomic E-state index is -3.62. The van der Waals surface area contributed by atoms with Gasteiger partial charge in [-0.25, -0.2) is 12.8 Å². The number of rotatable bonds is 8. The quantitative estimate of drug-likeness (QED) is 0.738. The third-order valence-corrected chi connectivity index (χ3v) is 4.97. The summed E-state index contributed by atoms with van der Waals surface area (Å²) >= 11 is 0. The highest BCUT2D eigenvalue weighted by Gasteiger charge is 2.20. The number of hydrogen-bond acceptors (Lipinski definition) is 5. The van der Waals surface area contributed by atoms with Crippen LogP contribution in [0.3, 0.4) is 0 Å². The van der Waals surface area contributed by atoms with Crippen molar-refractivity contribution < 1.29 is 27.1 Å². The molecule has 2 aromatic carbocycles. The second-order valence-corrected chi connectivity index (χ2v) is 7.52. The number of amides is 1. The lowest BCUT2D eigenvalue weighted by Crippen LogP contribution is -2.38. The standard InChI is InChI=1S/C18H21FN2O5S/c1-25-16-9-8-13(12-17(16)26-2)21(27(3,23)24)11-10-20-18(22)14-6-4-5-7-15(14)19/h4-9,12H,10-11H2,1-3H3,(H,20,22). The van der Waals surface area contributed by atoms with E-state index in [1.165, 1.54) is 38.5 Å². The lowest BCUT2D eigenvalue weighted by molar-refractivity contribution is 0.0951. The van der Waals surface area contributed by atoms with Gasteiger partial charge in [-0.15, -0.1) is 0 Å². The molecule has 0 aliphatic rings. The van der Waals surface area contributed by atoms with Gasteiger partial charge < -0.3 is 14.8 Å². The van der Waals surface area contributed by atoms with E-state index in [0.717, 1.165) is 10.6 Å². The number of ether oxygens (including phenoxy) is 2. The summed E-state index contributed by atoms with van der Waals surface area (Å²) in [4.78, 5) is 12.1. The van der Waals surface area contributed by atoms with Crippen molar-refractivity contribution in [3.63, 3.8) is 0 Å². The fourth-order valence-corrected chi connectivity index (χ4v) is 3.40. The predicted molar refractivity (Wildman–Crippen MR) is 100 cm³/mol. The topological polar surface area (TPSA) is 84.9 Å². The molecule has 0 saturated carbocycles. The molecule has 0 atom stereocenters. The Kier molecular flexibility index (Phi) is 6.62. The SMILES string of the molecule is COc1ccc(N(CCNC(=O)c2ccccc2F)S(C)(=O)=O)cc1OC. The fraction of sp³-hybridized carbons (Fsp3) is 0.278. The molecule has 0 spiro atoms. The molecule has 0 aliphatic carbocycles. The number of nitrogens with one attached hydrogen (secondary N) is 1. The third-order valence-electron chi connectivity index (χ3n) is 3.77. The van der Waals surface area contributed by atoms with Crippen LogP contribution in [0.5, 0.6) is 11.5 Å². The van der Waals surface area contributed by atoms with E-state index in [-0.39, 0.29) is 18.7 Å². The highest BCUT2D eigenvalue weighted by atomic mass is 32.2. The van der Waals surface area contributed by atoms with Crippen molar-refractivity contribution in [3.8, 4) is 11.5 Å². The van der Waals surface area contributed by atoms with Gasteiger partial charge in [0.15, 0.2) is 11.5 Å². The average molecular weight is 396 g/mol. The summed E-state index contributed by atoms with van der Waals surface area (Å²) in [7, 11) is -0.700. The van der Waals surface area contributed by atoms with E-state index in [2.05, 4.69) is 5.32 Å². The van der Waals surface area contributed by atoms with Crippen LogP contribution in [0.2, 0.25) is 0 Å². The zero-order valence-electron chi connectivity index (χ0n) is 15.2. The first-order valence-electron chi connectivity index (χ1n) is 8.00. The van der Waals surface area contributed by atoms with Crippen molar-refractivity contribution in [3.05, 3.63) is 53.8 Å². The van der Waals surface area contributed by atoms with Crippen molar-refractivity contribution in [1.29, 1.82) is 0 Å². The van der Waals surface area contributed by atoms with E-state index in [1.807, 2.05) is 0 Å². The Hall–Kier alpha value is -2.81. The first-order chi connectivity index (χ1) is 12.8. The van der Waals surface area contributed by atoms with E-state index in [4.69, 9.17) is 9.47 Å². The van der Waals surface area contributed by atoms with Crippen LogP contribution in [0.1, 0.15) is 10.4 Å². The van der Waals surface area contributed by atoms with Crippen molar-refractivity contribution in [2.75, 3.05) is 37.9 Å². The summed E-state index contributed by atoms with van der Waals surface area (Å²) in [6.07, 6.45) is 1.06. The van der Waals surface area contributed by atoms with Gasteiger partial charge in [0.05, 0.1) is 38.3 Å². The Balaban J connectivity index is 2.15. The number of sulfonamides is 1. The van der Waals surface area contributed by atoms with Gasteiger partial charge in [0.2, 0.25) is 10.0 Å². The highest BCUT2D eigenvalue weighted by molar-refractivity contribution is 7.92. The lowest BCUT2D eigenvalue weighted by Gasteiger charge is -2.23. The molecule has 0 unspecified atom stereocenters. The van der Waals surface area contributed by atoms with E-state index >= 15 is 0 Å². The maximum atomic E-state index is 13.6. The largest absolute Gasteiger partial charge is 0.493 e. The van der Waals surface area contributed by atoms with E-state index in [9.17, 15) is 17.6 Å². The van der Waals surface area contributed by atoms with Gasteiger partial charge in [0, 0.05) is 12.6 Å². The smallest absolute Gasteiger partial charge is 0.254 e. The molecule has 0 saturated heterocycles. The summed E-state index contributed by atoms with van der Waals surface area (Å²) in [5.74, 6) is -0.426. The molecule has 2 rings (SSSR count). The fourth-order valence-electron chi connectivity index (χ4n) is 2.48. The number of benzene rings is 2. The van der Waals surface area contributed by atoms with Gasteiger partial charge in [-0.05, 0) is 24.3 Å². The first-order valence-corrected chi connectivity index (χ1v) is 9.85. The Labute approximate surface area is 157 Å². The summed E-state index contributed by atoms with van der Waals surface area (Å²) in [6, 6.07) is 10.2. The van der Waals surface area contributed by atoms with Gasteiger partial charge >= 0.3 is 0 Å². The maximum absolute atomic E-state index is 13.6. The van der Waals surface area contributed by atoms with Crippen LogP contribution >= 0.6 is 0 Å². The van der Waals surface area contributed by atoms with Crippen molar-refractivity contribution in [1.82, 2.24) is 5.32 Å². The van der Waals surface area contributed by atoms with Crippen LogP contribution in [0.4, 0.5) is 10.1 Å². The van der Waals surface area contributed by atoms with Crippen LogP contribution in [-0.4, -0.2) is 47.9 Å². The van der Waals surface area contributed by atoms with Crippen LogP contribution in [-0.2, 0) is 10.0 Å². The van der Waals surface area contributed by atoms with Crippen LogP contribution in [0.15, 0.2) is 42.5 Å². The third kappa shape index (κ3) is 5.10. The molecule has 0 fully saturated rings. The number of halogens is 1. The van der Waals surface area contributed by atoms with Crippen LogP contribution in [0.25, 0.3) is 0 Å². The molecule has 0 aromatic heterocycles. The highest BCUT2D eigenvalue weighted by Crippen LogP contribution is 2.32. The van der Waals surface area contributed by atoms with Crippen molar-refractivity contribution in [2.45, 2.75) is 0 Å². The van der Waals surface area contributed by atoms with E-state index in [1.54, 1.807) is 18.2 Å². The minimum Gasteiger partial charge on any atom is -0.493 e. The van der Waals surface area contributed by atoms with Crippen LogP contribution in [0, 0.1) is 5.82 Å². The van der Waals surface area contributed by atoms with Crippen molar-refractivity contribution in [2.24, 2.45) is 0 Å². The molecular weight excluding hydrogens is 375 g/mol. The molecule has 0 heterocycles. The summed E-state index contributed by atoms with van der Waals surface area (Å²) in [5, 5.41) is 2.52. The summed E-state index contributed by atoms with van der Waals surface area (Å²) < 4.78 is 49.4. The predicted octanol–water partition coefficient (Wildman–Crippen LogP) is 2.04. The molecule has 146 valence electrons. The first kappa shape index (κ1) is 20.5. The average Bonchev–Trinajstić information content (AvgIpc) is 2.63. The van der Waals surface area contributed by atoms with Gasteiger partial charge in [-0.2, -0.15) is 0 Å². The molecule has 9 heteroatoms. The Bertz CT molecular complexity index is 918. The van der Waals surface area contributed by atoms with Crippen molar-refractivity contribution >= 4 is 21.6 Å². The van der Waals surface area contributed by atoms with E-state index in [0.29, 0.717) is 17.2 Å². The Morgan fingerprint density at radius 1 is 1.11 bits per heavy atom. The second-order valence-electron chi connectivity index (χ2n) is 5.61. The van der Waals surface area contributed by atoms with Gasteiger partial charge in [0.25, 0.3) is 5.91 Å². The number of anilines is 1.